The Morgan fingerprint density at radius 3 is 2.52 bits per heavy atom. The van der Waals surface area contributed by atoms with Crippen LogP contribution in [0.5, 0.6) is 0 Å². The molecule has 6 heteroatoms. The van der Waals surface area contributed by atoms with Gasteiger partial charge >= 0.3 is 5.97 Å². The number of carbonyl (C=O) groups excluding carboxylic acids is 2. The molecule has 0 N–H and O–H groups in total. The molecule has 1 aromatic heterocycles. The molecule has 122 valence electrons. The van der Waals surface area contributed by atoms with Crippen molar-refractivity contribution in [3.63, 3.8) is 0 Å². The molecule has 0 bridgehead atoms. The van der Waals surface area contributed by atoms with E-state index in [2.05, 4.69) is 0 Å². The number of hydrogen-bond donors (Lipinski definition) is 0. The van der Waals surface area contributed by atoms with E-state index in [1.165, 1.54) is 11.3 Å². The van der Waals surface area contributed by atoms with Crippen LogP contribution in [0.2, 0.25) is 5.02 Å². The summed E-state index contributed by atoms with van der Waals surface area (Å²) in [5.74, 6) is -0.656. The van der Waals surface area contributed by atoms with Crippen molar-refractivity contribution in [1.82, 2.24) is 4.90 Å². The number of esters is 1. The minimum absolute atomic E-state index is 0.127. The number of carbonyl (C=O) groups is 2. The second kappa shape index (κ2) is 7.32. The molecule has 0 spiro atoms. The molecular formula is C17H18ClNO3S. The Balaban J connectivity index is 1.64. The van der Waals surface area contributed by atoms with E-state index in [0.717, 1.165) is 48.9 Å². The minimum atomic E-state index is -0.528. The highest BCUT2D eigenvalue weighted by Gasteiger charge is 2.21. The fourth-order valence-electron chi connectivity index (χ4n) is 2.75. The zero-order chi connectivity index (χ0) is 16.2. The third kappa shape index (κ3) is 3.67. The lowest BCUT2D eigenvalue weighted by molar-refractivity contribution is -0.134. The van der Waals surface area contributed by atoms with Gasteiger partial charge in [-0.3, -0.25) is 4.79 Å². The highest BCUT2D eigenvalue weighted by atomic mass is 35.5. The van der Waals surface area contributed by atoms with Crippen LogP contribution in [0.4, 0.5) is 0 Å². The van der Waals surface area contributed by atoms with E-state index in [0.29, 0.717) is 9.90 Å². The van der Waals surface area contributed by atoms with E-state index < -0.39 is 5.97 Å². The van der Waals surface area contributed by atoms with Gasteiger partial charge in [-0.25, -0.2) is 4.79 Å². The number of fused-ring (bicyclic) bond motifs is 1. The van der Waals surface area contributed by atoms with Crippen molar-refractivity contribution in [2.24, 2.45) is 0 Å². The molecule has 1 aromatic carbocycles. The third-order valence-electron chi connectivity index (χ3n) is 4.01. The maximum absolute atomic E-state index is 12.2. The summed E-state index contributed by atoms with van der Waals surface area (Å²) >= 11 is 7.54. The molecule has 2 heterocycles. The van der Waals surface area contributed by atoms with Crippen LogP contribution < -0.4 is 0 Å². The van der Waals surface area contributed by atoms with Crippen LogP contribution in [-0.4, -0.2) is 36.5 Å². The first-order chi connectivity index (χ1) is 11.2. The molecule has 4 nitrogen and oxygen atoms in total. The molecule has 3 rings (SSSR count). The van der Waals surface area contributed by atoms with Gasteiger partial charge in [-0.15, -0.1) is 11.3 Å². The Kier molecular flexibility index (Phi) is 5.18. The number of nitrogens with zero attached hydrogens (tertiary/aromatic N) is 1. The van der Waals surface area contributed by atoms with E-state index in [1.807, 2.05) is 24.3 Å². The number of likely N-dealkylation sites (tertiary alicyclic amines) is 1. The Morgan fingerprint density at radius 1 is 1.13 bits per heavy atom. The van der Waals surface area contributed by atoms with Gasteiger partial charge in [0.25, 0.3) is 5.91 Å². The van der Waals surface area contributed by atoms with Gasteiger partial charge in [0.05, 0.1) is 5.02 Å². The smallest absolute Gasteiger partial charge is 0.350 e. The standard InChI is InChI=1S/C17H18ClNO3S/c18-15-12-7-3-4-8-13(12)23-16(15)17(21)22-11-14(20)19-9-5-1-2-6-10-19/h3-4,7-8H,1-2,5-6,9-11H2. The fraction of sp³-hybridized carbons (Fsp3) is 0.412. The second-order valence-electron chi connectivity index (χ2n) is 5.61. The molecule has 1 aliphatic rings. The second-order valence-corrected chi connectivity index (χ2v) is 7.04. The molecule has 1 aliphatic heterocycles. The van der Waals surface area contributed by atoms with Crippen LogP contribution in [0.3, 0.4) is 0 Å². The largest absolute Gasteiger partial charge is 0.451 e. The summed E-state index contributed by atoms with van der Waals surface area (Å²) in [5.41, 5.74) is 0. The lowest BCUT2D eigenvalue weighted by atomic mass is 10.2. The van der Waals surface area contributed by atoms with Crippen molar-refractivity contribution < 1.29 is 14.3 Å². The fourth-order valence-corrected chi connectivity index (χ4v) is 4.15. The van der Waals surface area contributed by atoms with Crippen molar-refractivity contribution in [1.29, 1.82) is 0 Å². The number of halogens is 1. The van der Waals surface area contributed by atoms with Crippen molar-refractivity contribution in [3.8, 4) is 0 Å². The third-order valence-corrected chi connectivity index (χ3v) is 5.66. The zero-order valence-electron chi connectivity index (χ0n) is 12.7. The van der Waals surface area contributed by atoms with Crippen molar-refractivity contribution in [3.05, 3.63) is 34.2 Å². The van der Waals surface area contributed by atoms with Gasteiger partial charge in [-0.2, -0.15) is 0 Å². The number of hydrogen-bond acceptors (Lipinski definition) is 4. The normalized spacial score (nSPS) is 15.4. The monoisotopic (exact) mass is 351 g/mol. The predicted octanol–water partition coefficient (Wildman–Crippen LogP) is 4.11. The SMILES string of the molecule is O=C(OCC(=O)N1CCCCCC1)c1sc2ccccc2c1Cl. The predicted molar refractivity (Wildman–Crippen MR) is 92.2 cm³/mol. The molecule has 1 saturated heterocycles. The van der Waals surface area contributed by atoms with Crippen LogP contribution in [0, 0.1) is 0 Å². The van der Waals surface area contributed by atoms with Gasteiger partial charge in [0.1, 0.15) is 4.88 Å². The van der Waals surface area contributed by atoms with E-state index in [1.54, 1.807) is 4.90 Å². The Morgan fingerprint density at radius 2 is 1.83 bits per heavy atom. The highest BCUT2D eigenvalue weighted by molar-refractivity contribution is 7.21. The van der Waals surface area contributed by atoms with Gasteiger partial charge < -0.3 is 9.64 Å². The lowest BCUT2D eigenvalue weighted by Gasteiger charge is -2.19. The maximum Gasteiger partial charge on any atom is 0.350 e. The van der Waals surface area contributed by atoms with Crippen molar-refractivity contribution in [2.75, 3.05) is 19.7 Å². The molecular weight excluding hydrogens is 334 g/mol. The van der Waals surface area contributed by atoms with Crippen LogP contribution in [0.1, 0.15) is 35.4 Å². The topological polar surface area (TPSA) is 46.6 Å². The van der Waals surface area contributed by atoms with Gasteiger partial charge in [0.2, 0.25) is 0 Å². The molecule has 1 fully saturated rings. The Labute approximate surface area is 144 Å². The van der Waals surface area contributed by atoms with E-state index in [4.69, 9.17) is 16.3 Å². The van der Waals surface area contributed by atoms with E-state index in [9.17, 15) is 9.59 Å². The molecule has 2 aromatic rings. The highest BCUT2D eigenvalue weighted by Crippen LogP contribution is 2.35. The maximum atomic E-state index is 12.2. The number of rotatable bonds is 3. The summed E-state index contributed by atoms with van der Waals surface area (Å²) in [6, 6.07) is 7.55. The van der Waals surface area contributed by atoms with Gasteiger partial charge in [-0.1, -0.05) is 42.6 Å². The first-order valence-electron chi connectivity index (χ1n) is 7.79. The Hall–Kier alpha value is -1.59. The van der Waals surface area contributed by atoms with Crippen LogP contribution >= 0.6 is 22.9 Å². The average Bonchev–Trinajstić information content (AvgIpc) is 2.76. The molecule has 0 radical (unpaired) electrons. The Bertz CT molecular complexity index is 720. The summed E-state index contributed by atoms with van der Waals surface area (Å²) in [7, 11) is 0. The summed E-state index contributed by atoms with van der Waals surface area (Å²) in [6.45, 7) is 1.28. The van der Waals surface area contributed by atoms with Gasteiger partial charge in [0, 0.05) is 23.2 Å². The van der Waals surface area contributed by atoms with Crippen molar-refractivity contribution >= 4 is 44.9 Å². The number of ether oxygens (including phenoxy) is 1. The lowest BCUT2D eigenvalue weighted by Crippen LogP contribution is -2.35. The molecule has 0 atom stereocenters. The van der Waals surface area contributed by atoms with Crippen LogP contribution in [-0.2, 0) is 9.53 Å². The number of benzene rings is 1. The van der Waals surface area contributed by atoms with Crippen molar-refractivity contribution in [2.45, 2.75) is 25.7 Å². The molecule has 0 saturated carbocycles. The number of amides is 1. The van der Waals surface area contributed by atoms with Crippen LogP contribution in [0.15, 0.2) is 24.3 Å². The van der Waals surface area contributed by atoms with Crippen LogP contribution in [0.25, 0.3) is 10.1 Å². The first-order valence-corrected chi connectivity index (χ1v) is 8.98. The minimum Gasteiger partial charge on any atom is -0.451 e. The molecule has 1 amide bonds. The molecule has 0 aliphatic carbocycles. The summed E-state index contributed by atoms with van der Waals surface area (Å²) < 4.78 is 6.12. The summed E-state index contributed by atoms with van der Waals surface area (Å²) in [4.78, 5) is 26.5. The molecule has 0 unspecified atom stereocenters. The quantitative estimate of drug-likeness (QED) is 0.781. The first kappa shape index (κ1) is 16.3. The van der Waals surface area contributed by atoms with Gasteiger partial charge in [0.15, 0.2) is 6.61 Å². The zero-order valence-corrected chi connectivity index (χ0v) is 14.3. The van der Waals surface area contributed by atoms with Gasteiger partial charge in [-0.05, 0) is 18.9 Å². The molecule has 23 heavy (non-hydrogen) atoms. The average molecular weight is 352 g/mol. The summed E-state index contributed by atoms with van der Waals surface area (Å²) in [6.07, 6.45) is 4.34. The number of thiophene rings is 1. The van der Waals surface area contributed by atoms with E-state index in [-0.39, 0.29) is 12.5 Å². The summed E-state index contributed by atoms with van der Waals surface area (Å²) in [5, 5.41) is 1.24. The van der Waals surface area contributed by atoms with E-state index >= 15 is 0 Å².